The van der Waals surface area contributed by atoms with E-state index in [1.54, 1.807) is 0 Å². The Hall–Kier alpha value is -1.90. The van der Waals surface area contributed by atoms with E-state index in [2.05, 4.69) is 54.8 Å². The van der Waals surface area contributed by atoms with E-state index in [4.69, 9.17) is 6.42 Å². The monoisotopic (exact) mass is 594 g/mol. The van der Waals surface area contributed by atoms with Crippen molar-refractivity contribution in [1.82, 2.24) is 9.21 Å². The zero-order valence-corrected chi connectivity index (χ0v) is 21.9. The van der Waals surface area contributed by atoms with Crippen LogP contribution >= 0.6 is 31.9 Å². The Morgan fingerprint density at radius 3 is 2.39 bits per heavy atom. The molecule has 0 saturated carbocycles. The first-order chi connectivity index (χ1) is 15.9. The molecule has 2 aliphatic heterocycles. The molecule has 2 aliphatic rings. The number of non-ortho nitro benzene ring substituents is 1. The molecule has 1 unspecified atom stereocenters. The Morgan fingerprint density at radius 2 is 1.82 bits per heavy atom. The van der Waals surface area contributed by atoms with Crippen molar-refractivity contribution in [2.45, 2.75) is 11.4 Å². The Kier molecular flexibility index (Phi) is 7.46. The van der Waals surface area contributed by atoms with Gasteiger partial charge in [0, 0.05) is 56.7 Å². The van der Waals surface area contributed by atoms with Crippen LogP contribution in [0, 0.1) is 22.5 Å². The van der Waals surface area contributed by atoms with Crippen molar-refractivity contribution in [2.75, 3.05) is 48.3 Å². The molecule has 0 N–H and O–H groups in total. The maximum atomic E-state index is 14.8. The minimum Gasteiger partial charge on any atom is -0.333 e. The van der Waals surface area contributed by atoms with Crippen molar-refractivity contribution in [2.24, 2.45) is 0 Å². The number of halogens is 2. The Morgan fingerprint density at radius 1 is 1.12 bits per heavy atom. The highest BCUT2D eigenvalue weighted by atomic mass is 79.9. The third kappa shape index (κ3) is 4.45. The number of piperazine rings is 1. The first-order valence-electron chi connectivity index (χ1n) is 10.5. The average Bonchev–Trinajstić information content (AvgIpc) is 3.08. The zero-order chi connectivity index (χ0) is 23.6. The van der Waals surface area contributed by atoms with Crippen LogP contribution in [0.15, 0.2) is 47.4 Å². The number of benzene rings is 2. The van der Waals surface area contributed by atoms with Crippen LogP contribution in [0.25, 0.3) is 0 Å². The Balaban J connectivity index is 1.73. The number of terminal acetylenes is 1. The number of hydrogen-bond acceptors (Lipinski definition) is 5. The number of fused-ring (bicyclic) bond motifs is 1. The normalized spacial score (nSPS) is 21.1. The van der Waals surface area contributed by atoms with Crippen LogP contribution in [0.4, 0.5) is 11.4 Å². The SMILES string of the molecule is C#Cc1cc([N+](=O)[O-])cc2c1N(CCBr)C(CBr)=S2(=O)N1CCN(Cc2ccccc2)CC1. The largest absolute Gasteiger partial charge is 0.333 e. The lowest BCUT2D eigenvalue weighted by Crippen LogP contribution is -2.50. The van der Waals surface area contributed by atoms with Gasteiger partial charge in [0.05, 0.1) is 36.1 Å². The van der Waals surface area contributed by atoms with Crippen LogP contribution < -0.4 is 4.90 Å². The van der Waals surface area contributed by atoms with Gasteiger partial charge < -0.3 is 4.90 Å². The minimum atomic E-state index is -2.88. The smallest absolute Gasteiger partial charge is 0.272 e. The molecule has 0 bridgehead atoms. The first-order valence-corrected chi connectivity index (χ1v) is 14.3. The molecule has 7 nitrogen and oxygen atoms in total. The van der Waals surface area contributed by atoms with Gasteiger partial charge in [-0.1, -0.05) is 68.1 Å². The molecule has 0 aromatic heterocycles. The van der Waals surface area contributed by atoms with E-state index in [-0.39, 0.29) is 5.69 Å². The van der Waals surface area contributed by atoms with E-state index in [0.29, 0.717) is 51.4 Å². The lowest BCUT2D eigenvalue weighted by Gasteiger charge is -2.36. The molecule has 4 rings (SSSR count). The quantitative estimate of drug-likeness (QED) is 0.161. The number of hydrogen-bond donors (Lipinski definition) is 0. The Labute approximate surface area is 211 Å². The molecule has 0 aliphatic carbocycles. The maximum absolute atomic E-state index is 14.8. The zero-order valence-electron chi connectivity index (χ0n) is 18.0. The number of rotatable bonds is 7. The van der Waals surface area contributed by atoms with Crippen LogP contribution in [-0.4, -0.2) is 66.7 Å². The summed E-state index contributed by atoms with van der Waals surface area (Å²) < 4.78 is 16.8. The number of nitro benzene ring substituents is 1. The molecule has 174 valence electrons. The van der Waals surface area contributed by atoms with Crippen molar-refractivity contribution in [1.29, 1.82) is 0 Å². The molecule has 0 spiro atoms. The predicted molar refractivity (Wildman–Crippen MR) is 141 cm³/mol. The van der Waals surface area contributed by atoms with Crippen molar-refractivity contribution in [3.8, 4) is 12.3 Å². The van der Waals surface area contributed by atoms with Gasteiger partial charge in [-0.25, -0.2) is 8.51 Å². The molecule has 1 atom stereocenters. The van der Waals surface area contributed by atoms with Gasteiger partial charge in [-0.3, -0.25) is 15.0 Å². The number of alkyl halides is 2. The molecule has 33 heavy (non-hydrogen) atoms. The van der Waals surface area contributed by atoms with Crippen molar-refractivity contribution in [3.63, 3.8) is 0 Å². The topological polar surface area (TPSA) is 69.9 Å². The van der Waals surface area contributed by atoms with Crippen LogP contribution in [-0.2, 0) is 16.3 Å². The molecule has 0 amide bonds. The highest BCUT2D eigenvalue weighted by molar-refractivity contribution is 9.09. The summed E-state index contributed by atoms with van der Waals surface area (Å²) in [4.78, 5) is 16.6. The summed E-state index contributed by atoms with van der Waals surface area (Å²) in [6.45, 7) is 4.10. The summed E-state index contributed by atoms with van der Waals surface area (Å²) in [5, 5.41) is 12.6. The second-order valence-corrected chi connectivity index (χ2v) is 11.7. The van der Waals surface area contributed by atoms with Crippen molar-refractivity contribution >= 4 is 57.9 Å². The molecule has 10 heteroatoms. The number of nitro groups is 1. The predicted octanol–water partition coefficient (Wildman–Crippen LogP) is 3.69. The maximum Gasteiger partial charge on any atom is 0.272 e. The lowest BCUT2D eigenvalue weighted by molar-refractivity contribution is -0.385. The minimum absolute atomic E-state index is 0.133. The van der Waals surface area contributed by atoms with E-state index in [1.807, 2.05) is 27.4 Å². The molecular weight excluding hydrogens is 572 g/mol. The van der Waals surface area contributed by atoms with Crippen LogP contribution in [0.3, 0.4) is 0 Å². The van der Waals surface area contributed by atoms with E-state index in [0.717, 1.165) is 19.6 Å². The molecule has 2 aromatic rings. The summed E-state index contributed by atoms with van der Waals surface area (Å²) in [7, 11) is -2.88. The van der Waals surface area contributed by atoms with E-state index < -0.39 is 14.6 Å². The van der Waals surface area contributed by atoms with Crippen LogP contribution in [0.2, 0.25) is 0 Å². The number of anilines is 1. The first kappa shape index (κ1) is 24.2. The van der Waals surface area contributed by atoms with E-state index in [1.165, 1.54) is 17.7 Å². The summed E-state index contributed by atoms with van der Waals surface area (Å²) in [6, 6.07) is 13.1. The fourth-order valence-corrected chi connectivity index (χ4v) is 8.93. The van der Waals surface area contributed by atoms with Crippen LogP contribution in [0.1, 0.15) is 11.1 Å². The summed E-state index contributed by atoms with van der Waals surface area (Å²) in [5.74, 6) is 2.59. The highest BCUT2D eigenvalue weighted by Gasteiger charge is 2.41. The molecule has 2 aromatic carbocycles. The van der Waals surface area contributed by atoms with Gasteiger partial charge in [-0.05, 0) is 5.56 Å². The van der Waals surface area contributed by atoms with Gasteiger partial charge in [-0.2, -0.15) is 0 Å². The molecule has 2 heterocycles. The lowest BCUT2D eigenvalue weighted by atomic mass is 10.1. The summed E-state index contributed by atoms with van der Waals surface area (Å²) >= 11 is 7.02. The van der Waals surface area contributed by atoms with Gasteiger partial charge in [0.1, 0.15) is 4.99 Å². The second-order valence-electron chi connectivity index (χ2n) is 7.83. The van der Waals surface area contributed by atoms with Gasteiger partial charge in [-0.15, -0.1) is 6.42 Å². The molecule has 0 radical (unpaired) electrons. The average molecular weight is 596 g/mol. The molecular formula is C23H24Br2N4O3S. The van der Waals surface area contributed by atoms with Gasteiger partial charge >= 0.3 is 0 Å². The van der Waals surface area contributed by atoms with E-state index >= 15 is 0 Å². The van der Waals surface area contributed by atoms with Gasteiger partial charge in [0.2, 0.25) is 0 Å². The third-order valence-electron chi connectivity index (χ3n) is 5.98. The van der Waals surface area contributed by atoms with Gasteiger partial charge in [0.25, 0.3) is 5.69 Å². The number of nitrogens with zero attached hydrogens (tertiary/aromatic N) is 4. The van der Waals surface area contributed by atoms with Crippen molar-refractivity contribution < 1.29 is 9.13 Å². The summed E-state index contributed by atoms with van der Waals surface area (Å²) in [6.07, 6.45) is 5.75. The highest BCUT2D eigenvalue weighted by Crippen LogP contribution is 2.42. The van der Waals surface area contributed by atoms with Gasteiger partial charge in [0.15, 0.2) is 0 Å². The fourth-order valence-electron chi connectivity index (χ4n) is 4.44. The standard InChI is InChI=1S/C23H24Br2N4O3S/c1-2-19-14-20(29(30)31)15-21-23(19)28(9-8-24)22(16-25)33(21,32)27-12-10-26(11-13-27)17-18-6-4-3-5-7-18/h1,3-7,14-15H,8-13,16-17H2. The summed E-state index contributed by atoms with van der Waals surface area (Å²) in [5.41, 5.74) is 2.15. The molecule has 1 fully saturated rings. The third-order valence-corrected chi connectivity index (χ3v) is 10.2. The molecule has 1 saturated heterocycles. The van der Waals surface area contributed by atoms with Crippen molar-refractivity contribution in [3.05, 3.63) is 63.7 Å². The Bertz CT molecular complexity index is 1210. The fraction of sp³-hybridized carbons (Fsp3) is 0.348. The van der Waals surface area contributed by atoms with E-state index in [9.17, 15) is 14.3 Å². The van der Waals surface area contributed by atoms with Crippen LogP contribution in [0.5, 0.6) is 0 Å². The second kappa shape index (κ2) is 10.2.